The summed E-state index contributed by atoms with van der Waals surface area (Å²) in [5, 5.41) is 11.3. The van der Waals surface area contributed by atoms with Gasteiger partial charge in [0.25, 0.3) is 0 Å². The molecule has 118 valence electrons. The average molecular weight is 329 g/mol. The number of halogens is 3. The quantitative estimate of drug-likeness (QED) is 0.906. The van der Waals surface area contributed by atoms with Crippen LogP contribution < -0.4 is 5.32 Å². The number of carbonyl (C=O) groups is 1. The van der Waals surface area contributed by atoms with Gasteiger partial charge in [0.2, 0.25) is 5.91 Å². The van der Waals surface area contributed by atoms with Gasteiger partial charge >= 0.3 is 6.18 Å². The Balaban J connectivity index is 2.40. The number of nitrogens with one attached hydrogen (secondary N) is 1. The summed E-state index contributed by atoms with van der Waals surface area (Å²) in [4.78, 5) is 16.0. The number of rotatable bonds is 2. The summed E-state index contributed by atoms with van der Waals surface area (Å²) in [6.45, 7) is 2.00. The summed E-state index contributed by atoms with van der Waals surface area (Å²) in [5.41, 5.74) is -1.35. The summed E-state index contributed by atoms with van der Waals surface area (Å²) in [5.74, 6) is -0.219. The second-order valence-corrected chi connectivity index (χ2v) is 6.19. The van der Waals surface area contributed by atoms with Crippen LogP contribution in [0.1, 0.15) is 36.1 Å². The molecule has 22 heavy (non-hydrogen) atoms. The average Bonchev–Trinajstić information content (AvgIpc) is 2.63. The van der Waals surface area contributed by atoms with Crippen LogP contribution in [-0.2, 0) is 11.0 Å². The Labute approximate surface area is 130 Å². The van der Waals surface area contributed by atoms with E-state index in [1.54, 1.807) is 6.07 Å². The first kappa shape index (κ1) is 16.6. The summed E-state index contributed by atoms with van der Waals surface area (Å²) >= 11 is 0.936. The van der Waals surface area contributed by atoms with E-state index in [0.29, 0.717) is 13.0 Å². The summed E-state index contributed by atoms with van der Waals surface area (Å²) in [6, 6.07) is 2.44. The fraction of sp³-hybridized carbons (Fsp3) is 0.500. The molecule has 1 N–H and O–H groups in total. The van der Waals surface area contributed by atoms with E-state index in [1.807, 2.05) is 0 Å². The Kier molecular flexibility index (Phi) is 4.96. The van der Waals surface area contributed by atoms with Crippen LogP contribution in [0.5, 0.6) is 0 Å². The topological polar surface area (TPSA) is 65.8 Å². The molecule has 0 unspecified atom stereocenters. The van der Waals surface area contributed by atoms with Gasteiger partial charge in [0.05, 0.1) is 16.4 Å². The molecule has 1 amide bonds. The van der Waals surface area contributed by atoms with Crippen LogP contribution in [-0.4, -0.2) is 22.7 Å². The summed E-state index contributed by atoms with van der Waals surface area (Å²) in [7, 11) is 0. The van der Waals surface area contributed by atoms with Crippen molar-refractivity contribution in [3.8, 4) is 6.07 Å². The molecule has 1 atom stereocenters. The van der Waals surface area contributed by atoms with Gasteiger partial charge in [-0.3, -0.25) is 4.79 Å². The van der Waals surface area contributed by atoms with Crippen molar-refractivity contribution in [3.05, 3.63) is 22.9 Å². The standard InChI is InChI=1S/C14H14F3N3OS/c1-8-6-10(14(15,16)17)9(7-18)13(20-8)22-11-4-2-3-5-19-12(11)21/h6,11H,2-5H2,1H3,(H,19,21)/t11-/m1/s1. The van der Waals surface area contributed by atoms with Crippen molar-refractivity contribution in [2.45, 2.75) is 42.6 Å². The van der Waals surface area contributed by atoms with Gasteiger partial charge in [-0.1, -0.05) is 18.2 Å². The molecule has 0 radical (unpaired) electrons. The summed E-state index contributed by atoms with van der Waals surface area (Å²) < 4.78 is 39.1. The van der Waals surface area contributed by atoms with Crippen LogP contribution in [0, 0.1) is 18.3 Å². The van der Waals surface area contributed by atoms with E-state index in [-0.39, 0.29) is 16.6 Å². The van der Waals surface area contributed by atoms with E-state index in [4.69, 9.17) is 5.26 Å². The van der Waals surface area contributed by atoms with Crippen LogP contribution in [0.2, 0.25) is 0 Å². The molecule has 1 aliphatic rings. The number of aromatic nitrogens is 1. The van der Waals surface area contributed by atoms with Crippen molar-refractivity contribution in [2.24, 2.45) is 0 Å². The molecule has 2 rings (SSSR count). The van der Waals surface area contributed by atoms with Gasteiger partial charge in [0.15, 0.2) is 0 Å². The zero-order valence-electron chi connectivity index (χ0n) is 11.8. The largest absolute Gasteiger partial charge is 0.417 e. The molecule has 1 fully saturated rings. The highest BCUT2D eigenvalue weighted by Gasteiger charge is 2.36. The lowest BCUT2D eigenvalue weighted by molar-refractivity contribution is -0.138. The lowest BCUT2D eigenvalue weighted by atomic mass is 10.1. The highest BCUT2D eigenvalue weighted by Crippen LogP contribution is 2.37. The van der Waals surface area contributed by atoms with E-state index >= 15 is 0 Å². The zero-order chi connectivity index (χ0) is 16.3. The lowest BCUT2D eigenvalue weighted by Crippen LogP contribution is -2.30. The molecular formula is C14H14F3N3OS. The minimum Gasteiger partial charge on any atom is -0.355 e. The third-order valence-corrected chi connectivity index (χ3v) is 4.52. The van der Waals surface area contributed by atoms with Crippen molar-refractivity contribution in [2.75, 3.05) is 6.54 Å². The molecule has 8 heteroatoms. The number of aryl methyl sites for hydroxylation is 1. The van der Waals surface area contributed by atoms with Gasteiger partial charge in [-0.15, -0.1) is 0 Å². The minimum atomic E-state index is -4.63. The maximum atomic E-state index is 13.0. The third-order valence-electron chi connectivity index (χ3n) is 3.27. The van der Waals surface area contributed by atoms with Crippen LogP contribution in [0.25, 0.3) is 0 Å². The molecule has 1 aromatic rings. The first-order valence-corrected chi connectivity index (χ1v) is 7.64. The first-order chi connectivity index (χ1) is 10.3. The van der Waals surface area contributed by atoms with E-state index in [1.165, 1.54) is 6.92 Å². The van der Waals surface area contributed by atoms with Crippen molar-refractivity contribution in [1.29, 1.82) is 5.26 Å². The van der Waals surface area contributed by atoms with Gasteiger partial charge in [0, 0.05) is 12.2 Å². The number of thioether (sulfide) groups is 1. The van der Waals surface area contributed by atoms with Crippen LogP contribution >= 0.6 is 11.8 Å². The maximum Gasteiger partial charge on any atom is 0.417 e. The highest BCUT2D eigenvalue weighted by atomic mass is 32.2. The highest BCUT2D eigenvalue weighted by molar-refractivity contribution is 8.00. The smallest absolute Gasteiger partial charge is 0.355 e. The van der Waals surface area contributed by atoms with Crippen molar-refractivity contribution >= 4 is 17.7 Å². The Morgan fingerprint density at radius 2 is 2.18 bits per heavy atom. The number of hydrogen-bond donors (Lipinski definition) is 1. The molecular weight excluding hydrogens is 315 g/mol. The summed E-state index contributed by atoms with van der Waals surface area (Å²) in [6.07, 6.45) is -2.43. The second kappa shape index (κ2) is 6.57. The van der Waals surface area contributed by atoms with E-state index in [0.717, 1.165) is 30.7 Å². The van der Waals surface area contributed by atoms with Gasteiger partial charge < -0.3 is 5.32 Å². The number of hydrogen-bond acceptors (Lipinski definition) is 4. The SMILES string of the molecule is Cc1cc(C(F)(F)F)c(C#N)c(S[C@@H]2CCCCNC2=O)n1. The van der Waals surface area contributed by atoms with Crippen LogP contribution in [0.15, 0.2) is 11.1 Å². The number of pyridine rings is 1. The van der Waals surface area contributed by atoms with Gasteiger partial charge in [0.1, 0.15) is 11.1 Å². The fourth-order valence-corrected chi connectivity index (χ4v) is 3.43. The Morgan fingerprint density at radius 3 is 2.82 bits per heavy atom. The van der Waals surface area contributed by atoms with E-state index in [2.05, 4.69) is 10.3 Å². The second-order valence-electron chi connectivity index (χ2n) is 4.99. The molecule has 0 bridgehead atoms. The Morgan fingerprint density at radius 1 is 1.45 bits per heavy atom. The number of nitrogens with zero attached hydrogens (tertiary/aromatic N) is 2. The molecule has 4 nitrogen and oxygen atoms in total. The van der Waals surface area contributed by atoms with E-state index < -0.39 is 22.6 Å². The number of alkyl halides is 3. The lowest BCUT2D eigenvalue weighted by Gasteiger charge is -2.16. The zero-order valence-corrected chi connectivity index (χ0v) is 12.6. The van der Waals surface area contributed by atoms with Gasteiger partial charge in [-0.2, -0.15) is 18.4 Å². The first-order valence-electron chi connectivity index (χ1n) is 6.76. The van der Waals surface area contributed by atoms with Crippen molar-refractivity contribution in [1.82, 2.24) is 10.3 Å². The van der Waals surface area contributed by atoms with Crippen LogP contribution in [0.4, 0.5) is 13.2 Å². The molecule has 0 spiro atoms. The van der Waals surface area contributed by atoms with Gasteiger partial charge in [-0.05, 0) is 25.8 Å². The monoisotopic (exact) mass is 329 g/mol. The fourth-order valence-electron chi connectivity index (χ4n) is 2.22. The number of nitriles is 1. The predicted molar refractivity (Wildman–Crippen MR) is 75.2 cm³/mol. The molecule has 0 saturated carbocycles. The minimum absolute atomic E-state index is 0.0307. The third kappa shape index (κ3) is 3.71. The van der Waals surface area contributed by atoms with Crippen molar-refractivity contribution in [3.63, 3.8) is 0 Å². The molecule has 0 aliphatic carbocycles. The normalized spacial score (nSPS) is 19.2. The van der Waals surface area contributed by atoms with Gasteiger partial charge in [-0.25, -0.2) is 4.98 Å². The van der Waals surface area contributed by atoms with Crippen LogP contribution in [0.3, 0.4) is 0 Å². The Hall–Kier alpha value is -1.75. The van der Waals surface area contributed by atoms with E-state index in [9.17, 15) is 18.0 Å². The molecule has 0 aromatic carbocycles. The Bertz CT molecular complexity index is 625. The molecule has 2 heterocycles. The molecule has 1 aromatic heterocycles. The predicted octanol–water partition coefficient (Wildman–Crippen LogP) is 3.04. The number of carbonyl (C=O) groups excluding carboxylic acids is 1. The maximum absolute atomic E-state index is 13.0. The molecule has 1 saturated heterocycles. The molecule has 1 aliphatic heterocycles. The van der Waals surface area contributed by atoms with Crippen molar-refractivity contribution < 1.29 is 18.0 Å². The number of amides is 1.